The van der Waals surface area contributed by atoms with Crippen LogP contribution in [0.2, 0.25) is 0 Å². The standard InChI is InChI=1S/C13H19ClO/c1-12(2)10-4-8-3-9(5-10)7-13(12,6-8)11(14)15/h8-10H,3-7H2,1-2H3. The third-order valence-electron chi connectivity index (χ3n) is 5.81. The van der Waals surface area contributed by atoms with Crippen molar-refractivity contribution < 1.29 is 4.79 Å². The fourth-order valence-corrected chi connectivity index (χ4v) is 5.28. The highest BCUT2D eigenvalue weighted by Crippen LogP contribution is 2.68. The molecule has 0 saturated heterocycles. The molecule has 2 unspecified atom stereocenters. The van der Waals surface area contributed by atoms with Gasteiger partial charge in [-0.3, -0.25) is 4.79 Å². The van der Waals surface area contributed by atoms with Crippen LogP contribution in [0.3, 0.4) is 0 Å². The Morgan fingerprint density at radius 2 is 1.67 bits per heavy atom. The van der Waals surface area contributed by atoms with Crippen molar-refractivity contribution in [3.05, 3.63) is 0 Å². The summed E-state index contributed by atoms with van der Waals surface area (Å²) in [5.41, 5.74) is -0.0391. The highest BCUT2D eigenvalue weighted by atomic mass is 35.5. The van der Waals surface area contributed by atoms with Crippen molar-refractivity contribution in [3.63, 3.8) is 0 Å². The maximum absolute atomic E-state index is 11.9. The van der Waals surface area contributed by atoms with Gasteiger partial charge in [0.25, 0.3) is 0 Å². The largest absolute Gasteiger partial charge is 0.281 e. The molecular formula is C13H19ClO. The van der Waals surface area contributed by atoms with Crippen molar-refractivity contribution in [2.45, 2.75) is 46.0 Å². The van der Waals surface area contributed by atoms with Crippen LogP contribution in [-0.4, -0.2) is 5.24 Å². The van der Waals surface area contributed by atoms with E-state index in [1.54, 1.807) is 0 Å². The third-order valence-corrected chi connectivity index (χ3v) is 6.17. The lowest BCUT2D eigenvalue weighted by atomic mass is 9.40. The van der Waals surface area contributed by atoms with E-state index >= 15 is 0 Å². The Balaban J connectivity index is 2.08. The van der Waals surface area contributed by atoms with Crippen LogP contribution < -0.4 is 0 Å². The molecule has 4 rings (SSSR count). The lowest BCUT2D eigenvalue weighted by Gasteiger charge is -2.64. The van der Waals surface area contributed by atoms with Gasteiger partial charge in [-0.15, -0.1) is 0 Å². The number of rotatable bonds is 1. The molecule has 2 heteroatoms. The number of hydrogen-bond acceptors (Lipinski definition) is 1. The Morgan fingerprint density at radius 1 is 1.13 bits per heavy atom. The van der Waals surface area contributed by atoms with Crippen LogP contribution in [-0.2, 0) is 4.79 Å². The van der Waals surface area contributed by atoms with Gasteiger partial charge in [0, 0.05) is 0 Å². The summed E-state index contributed by atoms with van der Waals surface area (Å²) >= 11 is 5.94. The van der Waals surface area contributed by atoms with Crippen LogP contribution in [0, 0.1) is 28.6 Å². The summed E-state index contributed by atoms with van der Waals surface area (Å²) in [5, 5.41) is -0.0494. The Morgan fingerprint density at radius 3 is 2.13 bits per heavy atom. The van der Waals surface area contributed by atoms with Gasteiger partial charge in [0.15, 0.2) is 0 Å². The zero-order valence-corrected chi connectivity index (χ0v) is 10.3. The van der Waals surface area contributed by atoms with Gasteiger partial charge in [0.2, 0.25) is 5.24 Å². The maximum atomic E-state index is 11.9. The normalized spacial score (nSPS) is 50.7. The van der Waals surface area contributed by atoms with Crippen molar-refractivity contribution in [1.82, 2.24) is 0 Å². The van der Waals surface area contributed by atoms with Crippen molar-refractivity contribution in [3.8, 4) is 0 Å². The average molecular weight is 227 g/mol. The second-order valence-corrected chi connectivity index (χ2v) is 6.97. The van der Waals surface area contributed by atoms with Crippen LogP contribution in [0.4, 0.5) is 0 Å². The van der Waals surface area contributed by atoms with Gasteiger partial charge in [-0.25, -0.2) is 0 Å². The summed E-state index contributed by atoms with van der Waals surface area (Å²) in [5.74, 6) is 2.32. The van der Waals surface area contributed by atoms with E-state index in [0.717, 1.165) is 30.6 Å². The van der Waals surface area contributed by atoms with E-state index < -0.39 is 0 Å². The summed E-state index contributed by atoms with van der Waals surface area (Å²) < 4.78 is 0. The average Bonchev–Trinajstić information content (AvgIpc) is 2.13. The molecule has 1 nitrogen and oxygen atoms in total. The number of hydrogen-bond donors (Lipinski definition) is 0. The second kappa shape index (κ2) is 2.80. The minimum absolute atomic E-state index is 0.0494. The van der Waals surface area contributed by atoms with E-state index in [2.05, 4.69) is 13.8 Å². The molecule has 2 atom stereocenters. The molecule has 0 aliphatic heterocycles. The molecule has 4 fully saturated rings. The van der Waals surface area contributed by atoms with Gasteiger partial charge in [-0.05, 0) is 66.9 Å². The first-order valence-corrected chi connectivity index (χ1v) is 6.53. The Bertz CT molecular complexity index is 306. The summed E-state index contributed by atoms with van der Waals surface area (Å²) in [6.07, 6.45) is 6.17. The van der Waals surface area contributed by atoms with Crippen molar-refractivity contribution in [2.75, 3.05) is 0 Å². The number of carbonyl (C=O) groups is 1. The van der Waals surface area contributed by atoms with Crippen LogP contribution >= 0.6 is 11.6 Å². The zero-order valence-electron chi connectivity index (χ0n) is 9.55. The van der Waals surface area contributed by atoms with Gasteiger partial charge in [-0.1, -0.05) is 13.8 Å². The van der Waals surface area contributed by atoms with E-state index in [1.165, 1.54) is 19.3 Å². The molecule has 4 saturated carbocycles. The van der Waals surface area contributed by atoms with Gasteiger partial charge < -0.3 is 0 Å². The van der Waals surface area contributed by atoms with Crippen molar-refractivity contribution in [2.24, 2.45) is 28.6 Å². The minimum atomic E-state index is -0.177. The minimum Gasteiger partial charge on any atom is -0.281 e. The number of carbonyl (C=O) groups excluding carboxylic acids is 1. The lowest BCUT2D eigenvalue weighted by Crippen LogP contribution is -2.59. The molecule has 0 N–H and O–H groups in total. The molecule has 0 heterocycles. The molecule has 4 bridgehead atoms. The summed E-state index contributed by atoms with van der Waals surface area (Å²) in [7, 11) is 0. The predicted octanol–water partition coefficient (Wildman–Crippen LogP) is 3.60. The topological polar surface area (TPSA) is 17.1 Å². The highest BCUT2D eigenvalue weighted by Gasteiger charge is 2.63. The highest BCUT2D eigenvalue weighted by molar-refractivity contribution is 6.64. The van der Waals surface area contributed by atoms with Crippen LogP contribution in [0.1, 0.15) is 46.0 Å². The Labute approximate surface area is 96.6 Å². The van der Waals surface area contributed by atoms with Gasteiger partial charge in [-0.2, -0.15) is 0 Å². The molecule has 4 aliphatic carbocycles. The zero-order chi connectivity index (χ0) is 10.8. The summed E-state index contributed by atoms with van der Waals surface area (Å²) in [4.78, 5) is 11.9. The third kappa shape index (κ3) is 1.08. The number of halogens is 1. The van der Waals surface area contributed by atoms with Gasteiger partial charge in [0.1, 0.15) is 0 Å². The van der Waals surface area contributed by atoms with Crippen molar-refractivity contribution in [1.29, 1.82) is 0 Å². The summed E-state index contributed by atoms with van der Waals surface area (Å²) in [6.45, 7) is 4.55. The fraction of sp³-hybridized carbons (Fsp3) is 0.923. The lowest BCUT2D eigenvalue weighted by molar-refractivity contribution is -0.170. The van der Waals surface area contributed by atoms with Gasteiger partial charge in [0.05, 0.1) is 5.41 Å². The van der Waals surface area contributed by atoms with Gasteiger partial charge >= 0.3 is 0 Å². The second-order valence-electron chi connectivity index (χ2n) is 6.62. The quantitative estimate of drug-likeness (QED) is 0.625. The molecule has 0 aromatic rings. The molecule has 0 spiro atoms. The molecular weight excluding hydrogens is 208 g/mol. The Kier molecular flexibility index (Phi) is 1.89. The fourth-order valence-electron chi connectivity index (χ4n) is 4.89. The van der Waals surface area contributed by atoms with E-state index in [4.69, 9.17) is 11.6 Å². The first kappa shape index (κ1) is 10.1. The monoisotopic (exact) mass is 226 g/mol. The van der Waals surface area contributed by atoms with Crippen molar-refractivity contribution >= 4 is 16.8 Å². The Hall–Kier alpha value is -0.0400. The molecule has 4 aliphatic rings. The molecule has 0 amide bonds. The van der Waals surface area contributed by atoms with E-state index in [1.807, 2.05) is 0 Å². The van der Waals surface area contributed by atoms with Crippen LogP contribution in [0.5, 0.6) is 0 Å². The first-order valence-electron chi connectivity index (χ1n) is 6.15. The maximum Gasteiger partial charge on any atom is 0.228 e. The first-order chi connectivity index (χ1) is 6.96. The molecule has 0 aromatic carbocycles. The molecule has 0 aromatic heterocycles. The van der Waals surface area contributed by atoms with E-state index in [9.17, 15) is 4.79 Å². The molecule has 0 radical (unpaired) electrons. The van der Waals surface area contributed by atoms with E-state index in [0.29, 0.717) is 0 Å². The summed E-state index contributed by atoms with van der Waals surface area (Å²) in [6, 6.07) is 0. The van der Waals surface area contributed by atoms with Crippen LogP contribution in [0.25, 0.3) is 0 Å². The predicted molar refractivity (Wildman–Crippen MR) is 60.6 cm³/mol. The molecule has 15 heavy (non-hydrogen) atoms. The smallest absolute Gasteiger partial charge is 0.228 e. The molecule has 84 valence electrons. The van der Waals surface area contributed by atoms with E-state index in [-0.39, 0.29) is 16.1 Å². The van der Waals surface area contributed by atoms with Crippen LogP contribution in [0.15, 0.2) is 0 Å². The SMILES string of the molecule is CC1(C)C2CC3CC(C2)CC1(C(=O)Cl)C3.